The van der Waals surface area contributed by atoms with Crippen molar-refractivity contribution in [2.24, 2.45) is 0 Å². The molecule has 0 saturated carbocycles. The number of nitrogens with one attached hydrogen (secondary N) is 1. The molecule has 0 heterocycles. The maximum atomic E-state index is 12.3. The zero-order chi connectivity index (χ0) is 14.9. The molecule has 2 rings (SSSR count). The molecule has 0 saturated heterocycles. The molecule has 0 aliphatic heterocycles. The highest BCUT2D eigenvalue weighted by atomic mass is 35.5. The van der Waals surface area contributed by atoms with Gasteiger partial charge in [-0.15, -0.1) is 0 Å². The third-order valence-corrected chi connectivity index (χ3v) is 5.15. The highest BCUT2D eigenvalue weighted by Gasteiger charge is 2.16. The topological polar surface area (TPSA) is 46.2 Å². The summed E-state index contributed by atoms with van der Waals surface area (Å²) < 4.78 is 27.2. The van der Waals surface area contributed by atoms with Crippen LogP contribution in [0.2, 0.25) is 10.0 Å². The van der Waals surface area contributed by atoms with Crippen LogP contribution in [0.1, 0.15) is 11.1 Å². The van der Waals surface area contributed by atoms with Crippen molar-refractivity contribution in [3.8, 4) is 0 Å². The molecule has 1 N–H and O–H groups in total. The molecule has 0 amide bonds. The minimum Gasteiger partial charge on any atom is -0.279 e. The highest BCUT2D eigenvalue weighted by molar-refractivity contribution is 7.92. The number of aryl methyl sites for hydroxylation is 1. The fourth-order valence-corrected chi connectivity index (χ4v) is 3.21. The lowest BCUT2D eigenvalue weighted by molar-refractivity contribution is 0.601. The first-order valence-corrected chi connectivity index (χ1v) is 8.09. The van der Waals surface area contributed by atoms with E-state index in [1.165, 1.54) is 12.1 Å². The van der Waals surface area contributed by atoms with Crippen LogP contribution in [-0.4, -0.2) is 8.42 Å². The smallest absolute Gasteiger partial charge is 0.261 e. The molecule has 0 aliphatic carbocycles. The molecule has 0 aromatic heterocycles. The molecule has 20 heavy (non-hydrogen) atoms. The normalized spacial score (nSPS) is 11.4. The quantitative estimate of drug-likeness (QED) is 0.906. The SMILES string of the molecule is Cc1cc(S(=O)(=O)Nc2cccc(Cl)c2C)ccc1Cl. The van der Waals surface area contributed by atoms with Crippen molar-refractivity contribution in [1.29, 1.82) is 0 Å². The van der Waals surface area contributed by atoms with Crippen LogP contribution in [0.25, 0.3) is 0 Å². The first kappa shape index (κ1) is 15.2. The molecule has 6 heteroatoms. The number of hydrogen-bond acceptors (Lipinski definition) is 2. The van der Waals surface area contributed by atoms with E-state index in [1.807, 2.05) is 0 Å². The summed E-state index contributed by atoms with van der Waals surface area (Å²) in [4.78, 5) is 0.166. The lowest BCUT2D eigenvalue weighted by Gasteiger charge is -2.12. The number of sulfonamides is 1. The van der Waals surface area contributed by atoms with Gasteiger partial charge in [0.25, 0.3) is 10.0 Å². The summed E-state index contributed by atoms with van der Waals surface area (Å²) in [7, 11) is -3.66. The van der Waals surface area contributed by atoms with Gasteiger partial charge in [-0.25, -0.2) is 8.42 Å². The zero-order valence-corrected chi connectivity index (χ0v) is 13.3. The Hall–Kier alpha value is -1.23. The van der Waals surface area contributed by atoms with Crippen molar-refractivity contribution >= 4 is 38.9 Å². The second-order valence-corrected chi connectivity index (χ2v) is 6.93. The molecule has 106 valence electrons. The minimum atomic E-state index is -3.66. The van der Waals surface area contributed by atoms with Crippen LogP contribution in [0.5, 0.6) is 0 Å². The van der Waals surface area contributed by atoms with Crippen LogP contribution in [-0.2, 0) is 10.0 Å². The van der Waals surface area contributed by atoms with E-state index in [1.54, 1.807) is 38.1 Å². The van der Waals surface area contributed by atoms with Gasteiger partial charge in [0, 0.05) is 10.0 Å². The lowest BCUT2D eigenvalue weighted by Crippen LogP contribution is -2.14. The predicted molar refractivity (Wildman–Crippen MR) is 83.2 cm³/mol. The first-order chi connectivity index (χ1) is 9.31. The van der Waals surface area contributed by atoms with Crippen LogP contribution in [0, 0.1) is 13.8 Å². The third kappa shape index (κ3) is 3.08. The summed E-state index contributed by atoms with van der Waals surface area (Å²) in [5.41, 5.74) is 1.85. The van der Waals surface area contributed by atoms with Gasteiger partial charge < -0.3 is 0 Å². The van der Waals surface area contributed by atoms with E-state index < -0.39 is 10.0 Å². The summed E-state index contributed by atoms with van der Waals surface area (Å²) >= 11 is 11.9. The Bertz CT molecular complexity index is 758. The zero-order valence-electron chi connectivity index (χ0n) is 10.9. The van der Waals surface area contributed by atoms with E-state index in [-0.39, 0.29) is 4.90 Å². The molecule has 0 atom stereocenters. The van der Waals surface area contributed by atoms with Gasteiger partial charge in [-0.3, -0.25) is 4.72 Å². The Morgan fingerprint density at radius 2 is 1.70 bits per heavy atom. The monoisotopic (exact) mass is 329 g/mol. The molecule has 0 radical (unpaired) electrons. The average molecular weight is 330 g/mol. The maximum Gasteiger partial charge on any atom is 0.261 e. The van der Waals surface area contributed by atoms with Gasteiger partial charge in [0.05, 0.1) is 10.6 Å². The van der Waals surface area contributed by atoms with Crippen molar-refractivity contribution in [3.05, 3.63) is 57.6 Å². The number of rotatable bonds is 3. The Morgan fingerprint density at radius 3 is 2.35 bits per heavy atom. The number of benzene rings is 2. The summed E-state index contributed by atoms with van der Waals surface area (Å²) in [6, 6.07) is 9.64. The summed E-state index contributed by atoms with van der Waals surface area (Å²) in [6.07, 6.45) is 0. The fourth-order valence-electron chi connectivity index (χ4n) is 1.71. The Morgan fingerprint density at radius 1 is 1.00 bits per heavy atom. The Balaban J connectivity index is 2.41. The van der Waals surface area contributed by atoms with E-state index in [0.29, 0.717) is 26.9 Å². The highest BCUT2D eigenvalue weighted by Crippen LogP contribution is 2.26. The number of hydrogen-bond donors (Lipinski definition) is 1. The molecule has 2 aromatic carbocycles. The lowest BCUT2D eigenvalue weighted by atomic mass is 10.2. The summed E-state index contributed by atoms with van der Waals surface area (Å²) in [6.45, 7) is 3.51. The van der Waals surface area contributed by atoms with Gasteiger partial charge in [-0.05, 0) is 55.3 Å². The molecule has 3 nitrogen and oxygen atoms in total. The molecule has 2 aromatic rings. The van der Waals surface area contributed by atoms with Crippen LogP contribution < -0.4 is 4.72 Å². The van der Waals surface area contributed by atoms with E-state index in [4.69, 9.17) is 23.2 Å². The molecular formula is C14H13Cl2NO2S. The Kier molecular flexibility index (Phi) is 4.28. The first-order valence-electron chi connectivity index (χ1n) is 5.85. The maximum absolute atomic E-state index is 12.3. The third-order valence-electron chi connectivity index (χ3n) is 2.95. The van der Waals surface area contributed by atoms with Gasteiger partial charge in [0.15, 0.2) is 0 Å². The molecular weight excluding hydrogens is 317 g/mol. The second-order valence-electron chi connectivity index (χ2n) is 4.43. The second kappa shape index (κ2) is 5.64. The van der Waals surface area contributed by atoms with Crippen molar-refractivity contribution in [2.75, 3.05) is 4.72 Å². The largest absolute Gasteiger partial charge is 0.279 e. The molecule has 0 spiro atoms. The van der Waals surface area contributed by atoms with Crippen molar-refractivity contribution in [3.63, 3.8) is 0 Å². The van der Waals surface area contributed by atoms with Crippen molar-refractivity contribution in [1.82, 2.24) is 0 Å². The molecule has 0 fully saturated rings. The van der Waals surface area contributed by atoms with Crippen LogP contribution in [0.4, 0.5) is 5.69 Å². The molecule has 0 bridgehead atoms. The summed E-state index contributed by atoms with van der Waals surface area (Å²) in [5.74, 6) is 0. The van der Waals surface area contributed by atoms with Crippen LogP contribution in [0.15, 0.2) is 41.3 Å². The fraction of sp³-hybridized carbons (Fsp3) is 0.143. The van der Waals surface area contributed by atoms with Crippen molar-refractivity contribution in [2.45, 2.75) is 18.7 Å². The van der Waals surface area contributed by atoms with E-state index in [9.17, 15) is 8.42 Å². The average Bonchev–Trinajstić information content (AvgIpc) is 2.38. The van der Waals surface area contributed by atoms with Crippen LogP contribution in [0.3, 0.4) is 0 Å². The van der Waals surface area contributed by atoms with Crippen LogP contribution >= 0.6 is 23.2 Å². The Labute approximate surface area is 128 Å². The number of anilines is 1. The van der Waals surface area contributed by atoms with Crippen molar-refractivity contribution < 1.29 is 8.42 Å². The van der Waals surface area contributed by atoms with E-state index in [2.05, 4.69) is 4.72 Å². The van der Waals surface area contributed by atoms with Gasteiger partial charge in [-0.2, -0.15) is 0 Å². The molecule has 0 unspecified atom stereocenters. The minimum absolute atomic E-state index is 0.166. The standard InChI is InChI=1S/C14H13Cl2NO2S/c1-9-8-11(6-7-12(9)15)20(18,19)17-14-5-3-4-13(16)10(14)2/h3-8,17H,1-2H3. The van der Waals surface area contributed by atoms with Gasteiger partial charge in [0.2, 0.25) is 0 Å². The number of halogens is 2. The van der Waals surface area contributed by atoms with Gasteiger partial charge in [0.1, 0.15) is 0 Å². The van der Waals surface area contributed by atoms with E-state index in [0.717, 1.165) is 0 Å². The van der Waals surface area contributed by atoms with Gasteiger partial charge >= 0.3 is 0 Å². The predicted octanol–water partition coefficient (Wildman–Crippen LogP) is 4.41. The van der Waals surface area contributed by atoms with Gasteiger partial charge in [-0.1, -0.05) is 29.3 Å². The van der Waals surface area contributed by atoms with E-state index >= 15 is 0 Å². The molecule has 0 aliphatic rings. The summed E-state index contributed by atoms with van der Waals surface area (Å²) in [5, 5.41) is 1.04.